The molecule has 0 aliphatic heterocycles. The molecular weight excluding hydrogens is 350 g/mol. The molecule has 0 amide bonds. The Morgan fingerprint density at radius 2 is 1.96 bits per heavy atom. The van der Waals surface area contributed by atoms with Gasteiger partial charge in [-0.15, -0.1) is 5.10 Å². The zero-order chi connectivity index (χ0) is 16.9. The van der Waals surface area contributed by atoms with Crippen LogP contribution in [-0.2, 0) is 5.75 Å². The molecule has 0 bridgehead atoms. The number of aromatic amines is 1. The van der Waals surface area contributed by atoms with Crippen LogP contribution in [0.1, 0.15) is 11.1 Å². The van der Waals surface area contributed by atoms with Gasteiger partial charge in [-0.2, -0.15) is 9.78 Å². The molecule has 1 heterocycles. The van der Waals surface area contributed by atoms with E-state index in [1.165, 1.54) is 28.7 Å². The molecule has 0 saturated heterocycles. The Morgan fingerprint density at radius 3 is 2.71 bits per heavy atom. The standard InChI is InChI=1S/C16H12F2N4S2/c17-13-7-6-12(8-14(13)18)9-19-22-15(23)20-21-16(22)24-10-11-4-2-1-3-5-11/h1-9H,10H2,(H,20,23)/b19-9-. The van der Waals surface area contributed by atoms with Gasteiger partial charge in [-0.3, -0.25) is 0 Å². The molecular formula is C16H12F2N4S2. The topological polar surface area (TPSA) is 46.0 Å². The summed E-state index contributed by atoms with van der Waals surface area (Å²) in [5, 5.41) is 11.6. The van der Waals surface area contributed by atoms with E-state index < -0.39 is 11.6 Å². The molecule has 0 radical (unpaired) electrons. The number of aromatic nitrogens is 3. The van der Waals surface area contributed by atoms with E-state index in [-0.39, 0.29) is 0 Å². The van der Waals surface area contributed by atoms with Gasteiger partial charge in [0, 0.05) is 5.75 Å². The van der Waals surface area contributed by atoms with Crippen molar-refractivity contribution in [3.8, 4) is 0 Å². The Labute approximate surface area is 146 Å². The summed E-state index contributed by atoms with van der Waals surface area (Å²) in [7, 11) is 0. The van der Waals surface area contributed by atoms with Crippen molar-refractivity contribution in [1.82, 2.24) is 14.9 Å². The largest absolute Gasteiger partial charge is 0.249 e. The first-order chi connectivity index (χ1) is 11.6. The summed E-state index contributed by atoms with van der Waals surface area (Å²) >= 11 is 6.62. The average Bonchev–Trinajstić information content (AvgIpc) is 2.95. The maximum absolute atomic E-state index is 13.2. The van der Waals surface area contributed by atoms with Crippen LogP contribution < -0.4 is 0 Å². The van der Waals surface area contributed by atoms with Gasteiger partial charge in [0.1, 0.15) is 0 Å². The van der Waals surface area contributed by atoms with Crippen molar-refractivity contribution in [3.05, 3.63) is 76.1 Å². The lowest BCUT2D eigenvalue weighted by molar-refractivity contribution is 0.508. The highest BCUT2D eigenvalue weighted by molar-refractivity contribution is 7.98. The number of thioether (sulfide) groups is 1. The fourth-order valence-electron chi connectivity index (χ4n) is 1.91. The maximum atomic E-state index is 13.2. The highest BCUT2D eigenvalue weighted by Crippen LogP contribution is 2.20. The van der Waals surface area contributed by atoms with Crippen molar-refractivity contribution in [1.29, 1.82) is 0 Å². The summed E-state index contributed by atoms with van der Waals surface area (Å²) in [6.45, 7) is 0. The van der Waals surface area contributed by atoms with Crippen LogP contribution >= 0.6 is 24.0 Å². The van der Waals surface area contributed by atoms with Crippen LogP contribution in [0.25, 0.3) is 0 Å². The second-order valence-corrected chi connectivity index (χ2v) is 6.14. The number of nitrogens with zero attached hydrogens (tertiary/aromatic N) is 3. The molecule has 1 aromatic heterocycles. The fourth-order valence-corrected chi connectivity index (χ4v) is 3.01. The molecule has 3 aromatic rings. The number of rotatable bonds is 5. The number of H-pyrrole nitrogens is 1. The third-order valence-electron chi connectivity index (χ3n) is 3.10. The van der Waals surface area contributed by atoms with Crippen LogP contribution in [0.5, 0.6) is 0 Å². The molecule has 0 aliphatic rings. The van der Waals surface area contributed by atoms with E-state index in [2.05, 4.69) is 15.3 Å². The van der Waals surface area contributed by atoms with Crippen LogP contribution in [-0.4, -0.2) is 21.1 Å². The van der Waals surface area contributed by atoms with Gasteiger partial charge >= 0.3 is 0 Å². The Balaban J connectivity index is 1.78. The van der Waals surface area contributed by atoms with Crippen LogP contribution in [0, 0.1) is 16.4 Å². The van der Waals surface area contributed by atoms with Gasteiger partial charge in [0.15, 0.2) is 11.6 Å². The van der Waals surface area contributed by atoms with Gasteiger partial charge in [0.2, 0.25) is 9.93 Å². The van der Waals surface area contributed by atoms with Crippen molar-refractivity contribution < 1.29 is 8.78 Å². The van der Waals surface area contributed by atoms with Gasteiger partial charge in [0.05, 0.1) is 6.21 Å². The summed E-state index contributed by atoms with van der Waals surface area (Å²) < 4.78 is 27.9. The molecule has 1 N–H and O–H groups in total. The van der Waals surface area contributed by atoms with Crippen LogP contribution in [0.4, 0.5) is 8.78 Å². The lowest BCUT2D eigenvalue weighted by atomic mass is 10.2. The molecule has 0 atom stereocenters. The van der Waals surface area contributed by atoms with Gasteiger partial charge in [-0.05, 0) is 35.5 Å². The minimum atomic E-state index is -0.923. The van der Waals surface area contributed by atoms with Gasteiger partial charge in [0.25, 0.3) is 0 Å². The molecule has 0 saturated carbocycles. The summed E-state index contributed by atoms with van der Waals surface area (Å²) in [5.74, 6) is -1.11. The second-order valence-electron chi connectivity index (χ2n) is 4.82. The Hall–Kier alpha value is -2.32. The number of benzene rings is 2. The van der Waals surface area contributed by atoms with Crippen molar-refractivity contribution in [3.63, 3.8) is 0 Å². The molecule has 0 fully saturated rings. The molecule has 24 heavy (non-hydrogen) atoms. The van der Waals surface area contributed by atoms with Crippen LogP contribution in [0.15, 0.2) is 58.8 Å². The average molecular weight is 362 g/mol. The normalized spacial score (nSPS) is 11.2. The molecule has 3 rings (SSSR count). The minimum absolute atomic E-state index is 0.324. The zero-order valence-corrected chi connectivity index (χ0v) is 14.0. The first-order valence-electron chi connectivity index (χ1n) is 6.97. The Kier molecular flexibility index (Phi) is 5.17. The number of hydrogen-bond donors (Lipinski definition) is 1. The number of nitrogens with one attached hydrogen (secondary N) is 1. The number of hydrogen-bond acceptors (Lipinski definition) is 4. The zero-order valence-electron chi connectivity index (χ0n) is 12.3. The first kappa shape index (κ1) is 16.5. The first-order valence-corrected chi connectivity index (χ1v) is 8.36. The maximum Gasteiger partial charge on any atom is 0.217 e. The Bertz CT molecular complexity index is 919. The van der Waals surface area contributed by atoms with Crippen molar-refractivity contribution >= 4 is 30.2 Å². The highest BCUT2D eigenvalue weighted by Gasteiger charge is 2.06. The molecule has 2 aromatic carbocycles. The SMILES string of the molecule is Fc1ccc(/C=N\n2c(SCc3ccccc3)n[nH]c2=S)cc1F. The minimum Gasteiger partial charge on any atom is -0.249 e. The molecule has 4 nitrogen and oxygen atoms in total. The molecule has 122 valence electrons. The lowest BCUT2D eigenvalue weighted by Gasteiger charge is -2.01. The van der Waals surface area contributed by atoms with Gasteiger partial charge < -0.3 is 0 Å². The van der Waals surface area contributed by atoms with Crippen LogP contribution in [0.2, 0.25) is 0 Å². The Morgan fingerprint density at radius 1 is 1.17 bits per heavy atom. The molecule has 0 spiro atoms. The fraction of sp³-hybridized carbons (Fsp3) is 0.0625. The molecule has 0 aliphatic carbocycles. The lowest BCUT2D eigenvalue weighted by Crippen LogP contribution is -1.95. The van der Waals surface area contributed by atoms with Gasteiger partial charge in [-0.25, -0.2) is 13.9 Å². The van der Waals surface area contributed by atoms with E-state index in [4.69, 9.17) is 12.2 Å². The predicted molar refractivity (Wildman–Crippen MR) is 92.8 cm³/mol. The third-order valence-corrected chi connectivity index (χ3v) is 4.36. The van der Waals surface area contributed by atoms with Crippen molar-refractivity contribution in [2.45, 2.75) is 10.9 Å². The molecule has 0 unspecified atom stereocenters. The van der Waals surface area contributed by atoms with E-state index >= 15 is 0 Å². The monoisotopic (exact) mass is 362 g/mol. The summed E-state index contributed by atoms with van der Waals surface area (Å²) in [5.41, 5.74) is 1.57. The second kappa shape index (κ2) is 7.50. The smallest absolute Gasteiger partial charge is 0.217 e. The van der Waals surface area contributed by atoms with E-state index in [1.54, 1.807) is 0 Å². The third kappa shape index (κ3) is 3.95. The molecule has 8 heteroatoms. The predicted octanol–water partition coefficient (Wildman–Crippen LogP) is 4.39. The van der Waals surface area contributed by atoms with E-state index in [0.717, 1.165) is 17.7 Å². The van der Waals surface area contributed by atoms with Crippen molar-refractivity contribution in [2.24, 2.45) is 5.10 Å². The van der Waals surface area contributed by atoms with Gasteiger partial charge in [-0.1, -0.05) is 48.2 Å². The highest BCUT2D eigenvalue weighted by atomic mass is 32.2. The number of halogens is 2. The van der Waals surface area contributed by atoms with Crippen molar-refractivity contribution in [2.75, 3.05) is 0 Å². The van der Waals surface area contributed by atoms with E-state index in [1.807, 2.05) is 30.3 Å². The van der Waals surface area contributed by atoms with E-state index in [0.29, 0.717) is 21.2 Å². The van der Waals surface area contributed by atoms with Crippen LogP contribution in [0.3, 0.4) is 0 Å². The quantitative estimate of drug-likeness (QED) is 0.416. The summed E-state index contributed by atoms with van der Waals surface area (Å²) in [4.78, 5) is 0. The summed E-state index contributed by atoms with van der Waals surface area (Å²) in [6.07, 6.45) is 1.40. The van der Waals surface area contributed by atoms with E-state index in [9.17, 15) is 8.78 Å². The summed E-state index contributed by atoms with van der Waals surface area (Å²) in [6, 6.07) is 13.5.